The topological polar surface area (TPSA) is 39.9 Å². The molecule has 4 aromatic rings. The van der Waals surface area contributed by atoms with Crippen LogP contribution in [0.3, 0.4) is 0 Å². The lowest BCUT2D eigenvalue weighted by Crippen LogP contribution is -2.02. The van der Waals surface area contributed by atoms with Gasteiger partial charge in [-0.15, -0.1) is 0 Å². The Morgan fingerprint density at radius 2 is 1.79 bits per heavy atom. The molecule has 24 heavy (non-hydrogen) atoms. The van der Waals surface area contributed by atoms with Crippen LogP contribution in [0.5, 0.6) is 5.75 Å². The first-order valence-electron chi connectivity index (χ1n) is 7.83. The van der Waals surface area contributed by atoms with Crippen molar-refractivity contribution in [1.29, 1.82) is 0 Å². The number of benzene rings is 2. The van der Waals surface area contributed by atoms with Crippen molar-refractivity contribution in [2.45, 2.75) is 6.54 Å². The van der Waals surface area contributed by atoms with Crippen LogP contribution in [0.15, 0.2) is 73.2 Å². The van der Waals surface area contributed by atoms with Gasteiger partial charge in [-0.2, -0.15) is 0 Å². The Bertz CT molecular complexity index is 959. The van der Waals surface area contributed by atoms with Gasteiger partial charge in [0.15, 0.2) is 0 Å². The molecule has 0 aliphatic heterocycles. The molecular weight excluding hydrogens is 298 g/mol. The first-order chi connectivity index (χ1) is 11.8. The maximum Gasteiger partial charge on any atom is 0.144 e. The predicted molar refractivity (Wildman–Crippen MR) is 95.1 cm³/mol. The van der Waals surface area contributed by atoms with E-state index in [0.29, 0.717) is 0 Å². The highest BCUT2D eigenvalue weighted by Crippen LogP contribution is 2.29. The number of rotatable bonds is 4. The Morgan fingerprint density at radius 3 is 2.54 bits per heavy atom. The summed E-state index contributed by atoms with van der Waals surface area (Å²) in [6.07, 6.45) is 3.46. The third-order valence-electron chi connectivity index (χ3n) is 4.13. The number of aromatic nitrogens is 3. The Balaban J connectivity index is 1.85. The first kappa shape index (κ1) is 14.5. The van der Waals surface area contributed by atoms with E-state index in [1.165, 1.54) is 5.56 Å². The van der Waals surface area contributed by atoms with Gasteiger partial charge in [0.1, 0.15) is 17.7 Å². The van der Waals surface area contributed by atoms with E-state index in [-0.39, 0.29) is 0 Å². The SMILES string of the molecule is COc1ccc(-c2cc3cncnc3n2Cc2ccccc2)cc1. The Labute approximate surface area is 140 Å². The van der Waals surface area contributed by atoms with Crippen molar-refractivity contribution >= 4 is 11.0 Å². The molecule has 0 amide bonds. The van der Waals surface area contributed by atoms with Crippen molar-refractivity contribution in [2.75, 3.05) is 7.11 Å². The van der Waals surface area contributed by atoms with E-state index in [2.05, 4.69) is 57.0 Å². The highest BCUT2D eigenvalue weighted by Gasteiger charge is 2.12. The summed E-state index contributed by atoms with van der Waals surface area (Å²) in [7, 11) is 1.68. The van der Waals surface area contributed by atoms with Crippen molar-refractivity contribution in [1.82, 2.24) is 14.5 Å². The molecule has 4 nitrogen and oxygen atoms in total. The summed E-state index contributed by atoms with van der Waals surface area (Å²) in [4.78, 5) is 8.64. The van der Waals surface area contributed by atoms with Crippen molar-refractivity contribution in [3.8, 4) is 17.0 Å². The number of fused-ring (bicyclic) bond motifs is 1. The minimum absolute atomic E-state index is 0.767. The summed E-state index contributed by atoms with van der Waals surface area (Å²) < 4.78 is 7.49. The number of hydrogen-bond acceptors (Lipinski definition) is 3. The molecule has 0 saturated heterocycles. The van der Waals surface area contributed by atoms with Gasteiger partial charge in [0.05, 0.1) is 12.8 Å². The molecule has 118 valence electrons. The zero-order chi connectivity index (χ0) is 16.4. The second-order valence-electron chi connectivity index (χ2n) is 5.63. The molecule has 0 fully saturated rings. The molecule has 0 aliphatic carbocycles. The Hall–Kier alpha value is -3.14. The minimum atomic E-state index is 0.767. The minimum Gasteiger partial charge on any atom is -0.497 e. The van der Waals surface area contributed by atoms with Crippen LogP contribution in [0.25, 0.3) is 22.3 Å². The zero-order valence-electron chi connectivity index (χ0n) is 13.4. The lowest BCUT2D eigenvalue weighted by Gasteiger charge is -2.11. The van der Waals surface area contributed by atoms with Gasteiger partial charge in [0.2, 0.25) is 0 Å². The number of ether oxygens (including phenoxy) is 1. The van der Waals surface area contributed by atoms with Gasteiger partial charge in [0.25, 0.3) is 0 Å². The smallest absolute Gasteiger partial charge is 0.144 e. The number of methoxy groups -OCH3 is 1. The summed E-state index contributed by atoms with van der Waals surface area (Å²) in [5.74, 6) is 0.851. The molecule has 0 N–H and O–H groups in total. The molecule has 0 spiro atoms. The highest BCUT2D eigenvalue weighted by molar-refractivity contribution is 5.83. The van der Waals surface area contributed by atoms with Crippen LogP contribution < -0.4 is 4.74 Å². The van der Waals surface area contributed by atoms with Crippen LogP contribution in [-0.2, 0) is 6.54 Å². The van der Waals surface area contributed by atoms with Crippen molar-refractivity contribution in [3.63, 3.8) is 0 Å². The molecule has 0 radical (unpaired) electrons. The van der Waals surface area contributed by atoms with Crippen LogP contribution in [0.1, 0.15) is 5.56 Å². The summed E-state index contributed by atoms with van der Waals surface area (Å²) in [6, 6.07) is 20.6. The quantitative estimate of drug-likeness (QED) is 0.568. The van der Waals surface area contributed by atoms with Gasteiger partial charge >= 0.3 is 0 Å². The van der Waals surface area contributed by atoms with Crippen LogP contribution >= 0.6 is 0 Å². The van der Waals surface area contributed by atoms with E-state index in [9.17, 15) is 0 Å². The van der Waals surface area contributed by atoms with E-state index < -0.39 is 0 Å². The van der Waals surface area contributed by atoms with E-state index in [4.69, 9.17) is 4.74 Å². The number of hydrogen-bond donors (Lipinski definition) is 0. The van der Waals surface area contributed by atoms with Gasteiger partial charge < -0.3 is 9.30 Å². The van der Waals surface area contributed by atoms with Crippen molar-refractivity contribution in [3.05, 3.63) is 78.8 Å². The summed E-state index contributed by atoms with van der Waals surface area (Å²) in [5, 5.41) is 1.04. The third-order valence-corrected chi connectivity index (χ3v) is 4.13. The van der Waals surface area contributed by atoms with Gasteiger partial charge in [-0.3, -0.25) is 0 Å². The first-order valence-corrected chi connectivity index (χ1v) is 7.83. The molecule has 2 heterocycles. The van der Waals surface area contributed by atoms with Crippen LogP contribution in [0, 0.1) is 0 Å². The molecule has 0 bridgehead atoms. The fraction of sp³-hybridized carbons (Fsp3) is 0.100. The predicted octanol–water partition coefficient (Wildman–Crippen LogP) is 4.16. The number of nitrogens with zero attached hydrogens (tertiary/aromatic N) is 3. The molecule has 4 rings (SSSR count). The van der Waals surface area contributed by atoms with E-state index in [1.807, 2.05) is 24.4 Å². The second-order valence-corrected chi connectivity index (χ2v) is 5.63. The van der Waals surface area contributed by atoms with E-state index in [1.54, 1.807) is 13.4 Å². The van der Waals surface area contributed by atoms with Crippen molar-refractivity contribution in [2.24, 2.45) is 0 Å². The fourth-order valence-corrected chi connectivity index (χ4v) is 2.93. The molecule has 4 heteroatoms. The summed E-state index contributed by atoms with van der Waals surface area (Å²) in [5.41, 5.74) is 4.43. The molecule has 0 aliphatic rings. The summed E-state index contributed by atoms with van der Waals surface area (Å²) >= 11 is 0. The van der Waals surface area contributed by atoms with Gasteiger partial charge in [0, 0.05) is 18.1 Å². The van der Waals surface area contributed by atoms with Crippen molar-refractivity contribution < 1.29 is 4.74 Å². The van der Waals surface area contributed by atoms with Crippen LogP contribution in [-0.4, -0.2) is 21.6 Å². The molecule has 0 saturated carbocycles. The second kappa shape index (κ2) is 6.16. The molecule has 0 unspecified atom stereocenters. The van der Waals surface area contributed by atoms with E-state index >= 15 is 0 Å². The Morgan fingerprint density at radius 1 is 1.00 bits per heavy atom. The summed E-state index contributed by atoms with van der Waals surface area (Å²) in [6.45, 7) is 0.767. The van der Waals surface area contributed by atoms with Crippen LogP contribution in [0.4, 0.5) is 0 Å². The van der Waals surface area contributed by atoms with Gasteiger partial charge in [-0.05, 0) is 41.5 Å². The zero-order valence-corrected chi connectivity index (χ0v) is 13.4. The normalized spacial score (nSPS) is 10.9. The van der Waals surface area contributed by atoms with Gasteiger partial charge in [-0.1, -0.05) is 30.3 Å². The average Bonchev–Trinajstić information content (AvgIpc) is 3.01. The molecule has 2 aromatic carbocycles. The highest BCUT2D eigenvalue weighted by atomic mass is 16.5. The van der Waals surface area contributed by atoms with Gasteiger partial charge in [-0.25, -0.2) is 9.97 Å². The third kappa shape index (κ3) is 2.63. The monoisotopic (exact) mass is 315 g/mol. The standard InChI is InChI=1S/C20H17N3O/c1-24-18-9-7-16(8-10-18)19-11-17-12-21-14-22-20(17)23(19)13-15-5-3-2-4-6-15/h2-12,14H,13H2,1H3. The maximum absolute atomic E-state index is 5.26. The fourth-order valence-electron chi connectivity index (χ4n) is 2.93. The molecule has 0 atom stereocenters. The van der Waals surface area contributed by atoms with Crippen LogP contribution in [0.2, 0.25) is 0 Å². The molecule has 2 aromatic heterocycles. The molecular formula is C20H17N3O. The largest absolute Gasteiger partial charge is 0.497 e. The average molecular weight is 315 g/mol. The van der Waals surface area contributed by atoms with E-state index in [0.717, 1.165) is 34.6 Å². The maximum atomic E-state index is 5.26. The Kier molecular flexibility index (Phi) is 3.71. The lowest BCUT2D eigenvalue weighted by atomic mass is 10.1. The lowest BCUT2D eigenvalue weighted by molar-refractivity contribution is 0.415.